The highest BCUT2D eigenvalue weighted by Crippen LogP contribution is 2.25. The van der Waals surface area contributed by atoms with Gasteiger partial charge in [-0.3, -0.25) is 19.3 Å². The Balaban J connectivity index is 1.45. The average Bonchev–Trinajstić information content (AvgIpc) is 3.35. The van der Waals surface area contributed by atoms with Crippen LogP contribution >= 0.6 is 23.2 Å². The molecular weight excluding hydrogens is 455 g/mol. The van der Waals surface area contributed by atoms with Gasteiger partial charge < -0.3 is 15.5 Å². The highest BCUT2D eigenvalue weighted by Gasteiger charge is 2.35. The average molecular weight is 475 g/mol. The first-order chi connectivity index (χ1) is 15.3. The molecule has 8 nitrogen and oxygen atoms in total. The number of hydrogen-bond acceptors (Lipinski definition) is 4. The lowest BCUT2D eigenvalue weighted by Gasteiger charge is -2.24. The molecule has 32 heavy (non-hydrogen) atoms. The third kappa shape index (κ3) is 4.71. The highest BCUT2D eigenvalue weighted by atomic mass is 35.5. The summed E-state index contributed by atoms with van der Waals surface area (Å²) in [7, 11) is 0. The van der Waals surface area contributed by atoms with Crippen molar-refractivity contribution in [1.29, 1.82) is 0 Å². The predicted molar refractivity (Wildman–Crippen MR) is 120 cm³/mol. The van der Waals surface area contributed by atoms with Crippen molar-refractivity contribution < 1.29 is 19.2 Å². The van der Waals surface area contributed by atoms with Crippen LogP contribution in [-0.2, 0) is 16.1 Å². The van der Waals surface area contributed by atoms with Crippen LogP contribution < -0.4 is 10.6 Å². The number of carbonyl (C=O) groups is 4. The van der Waals surface area contributed by atoms with Gasteiger partial charge in [-0.2, -0.15) is 0 Å². The molecule has 0 radical (unpaired) electrons. The maximum Gasteiger partial charge on any atom is 0.324 e. The molecule has 2 N–H and O–H groups in total. The molecule has 0 bridgehead atoms. The van der Waals surface area contributed by atoms with Crippen LogP contribution in [0.3, 0.4) is 0 Å². The molecular formula is C22H20Cl2N4O4. The fourth-order valence-corrected chi connectivity index (χ4v) is 4.42. The zero-order valence-electron chi connectivity index (χ0n) is 16.9. The Bertz CT molecular complexity index is 1070. The van der Waals surface area contributed by atoms with E-state index in [1.807, 2.05) is 0 Å². The minimum atomic E-state index is -0.630. The second kappa shape index (κ2) is 9.18. The van der Waals surface area contributed by atoms with Crippen LogP contribution in [0.1, 0.15) is 28.8 Å². The van der Waals surface area contributed by atoms with Gasteiger partial charge in [-0.25, -0.2) is 4.79 Å². The van der Waals surface area contributed by atoms with Crippen molar-refractivity contribution in [3.05, 3.63) is 63.6 Å². The number of nitrogens with zero attached hydrogens (tertiary/aromatic N) is 2. The quantitative estimate of drug-likeness (QED) is 0.649. The van der Waals surface area contributed by atoms with Gasteiger partial charge in [-0.15, -0.1) is 0 Å². The molecule has 0 saturated carbocycles. The van der Waals surface area contributed by atoms with Crippen molar-refractivity contribution >= 4 is 52.6 Å². The fraction of sp³-hybridized carbons (Fsp3) is 0.273. The number of amides is 5. The van der Waals surface area contributed by atoms with Gasteiger partial charge in [0.1, 0.15) is 6.04 Å². The van der Waals surface area contributed by atoms with Crippen LogP contribution in [0.25, 0.3) is 0 Å². The molecule has 10 heteroatoms. The first-order valence-electron chi connectivity index (χ1n) is 10.1. The Morgan fingerprint density at radius 3 is 2.53 bits per heavy atom. The van der Waals surface area contributed by atoms with Gasteiger partial charge >= 0.3 is 6.03 Å². The minimum Gasteiger partial charge on any atom is -0.329 e. The van der Waals surface area contributed by atoms with Crippen LogP contribution in [-0.4, -0.2) is 52.7 Å². The molecule has 2 heterocycles. The molecule has 166 valence electrons. The van der Waals surface area contributed by atoms with Gasteiger partial charge in [0.05, 0.1) is 13.1 Å². The molecule has 2 saturated heterocycles. The molecule has 1 atom stereocenters. The fourth-order valence-electron chi connectivity index (χ4n) is 3.90. The zero-order valence-corrected chi connectivity index (χ0v) is 18.4. The van der Waals surface area contributed by atoms with Crippen LogP contribution in [0, 0.1) is 0 Å². The van der Waals surface area contributed by atoms with E-state index in [0.717, 1.165) is 4.90 Å². The predicted octanol–water partition coefficient (Wildman–Crippen LogP) is 3.29. The highest BCUT2D eigenvalue weighted by molar-refractivity contribution is 6.35. The third-order valence-corrected chi connectivity index (χ3v) is 5.83. The standard InChI is InChI=1S/C22H20Cl2N4O4/c23-15-8-14(9-16(24)10-15)21(31)27-6-2-5-18(27)20(30)26-17-4-1-3-13(7-17)12-28-19(29)11-25-22(28)32/h1,3-4,7-10,18H,2,5-6,11-12H2,(H,25,32)(H,26,30). The molecule has 2 aliphatic rings. The summed E-state index contributed by atoms with van der Waals surface area (Å²) < 4.78 is 0. The summed E-state index contributed by atoms with van der Waals surface area (Å²) in [5.74, 6) is -0.916. The van der Waals surface area contributed by atoms with Gasteiger partial charge in [0.15, 0.2) is 0 Å². The van der Waals surface area contributed by atoms with Gasteiger partial charge in [-0.1, -0.05) is 35.3 Å². The Labute approximate surface area is 194 Å². The summed E-state index contributed by atoms with van der Waals surface area (Å²) in [4.78, 5) is 52.2. The van der Waals surface area contributed by atoms with E-state index in [0.29, 0.717) is 46.2 Å². The largest absolute Gasteiger partial charge is 0.329 e. The zero-order chi connectivity index (χ0) is 22.8. The lowest BCUT2D eigenvalue weighted by molar-refractivity contribution is -0.125. The number of anilines is 1. The lowest BCUT2D eigenvalue weighted by Crippen LogP contribution is -2.43. The lowest BCUT2D eigenvalue weighted by atomic mass is 10.1. The maximum absolute atomic E-state index is 13.0. The Hall–Kier alpha value is -3.10. The van der Waals surface area contributed by atoms with E-state index < -0.39 is 12.1 Å². The van der Waals surface area contributed by atoms with Crippen molar-refractivity contribution in [2.45, 2.75) is 25.4 Å². The van der Waals surface area contributed by atoms with Gasteiger partial charge in [0.25, 0.3) is 5.91 Å². The van der Waals surface area contributed by atoms with Crippen molar-refractivity contribution in [2.24, 2.45) is 0 Å². The Morgan fingerprint density at radius 1 is 1.09 bits per heavy atom. The first kappa shape index (κ1) is 22.1. The van der Waals surface area contributed by atoms with Crippen LogP contribution in [0.15, 0.2) is 42.5 Å². The maximum atomic E-state index is 13.0. The van der Waals surface area contributed by atoms with Crippen molar-refractivity contribution in [3.63, 3.8) is 0 Å². The van der Waals surface area contributed by atoms with Crippen molar-refractivity contribution in [2.75, 3.05) is 18.4 Å². The summed E-state index contributed by atoms with van der Waals surface area (Å²) in [6.07, 6.45) is 1.23. The van der Waals surface area contributed by atoms with E-state index in [-0.39, 0.29) is 30.8 Å². The van der Waals surface area contributed by atoms with E-state index >= 15 is 0 Å². The molecule has 0 aliphatic carbocycles. The summed E-state index contributed by atoms with van der Waals surface area (Å²) in [5.41, 5.74) is 1.54. The van der Waals surface area contributed by atoms with Gasteiger partial charge in [0.2, 0.25) is 11.8 Å². The molecule has 2 aliphatic heterocycles. The molecule has 4 rings (SSSR count). The van der Waals surface area contributed by atoms with Crippen molar-refractivity contribution in [3.8, 4) is 0 Å². The second-order valence-corrected chi connectivity index (χ2v) is 8.52. The molecule has 0 aromatic heterocycles. The number of benzene rings is 2. The van der Waals surface area contributed by atoms with E-state index in [2.05, 4.69) is 10.6 Å². The monoisotopic (exact) mass is 474 g/mol. The van der Waals surface area contributed by atoms with Crippen LogP contribution in [0.2, 0.25) is 10.0 Å². The molecule has 1 unspecified atom stereocenters. The normalized spacial score (nSPS) is 18.1. The number of rotatable bonds is 5. The third-order valence-electron chi connectivity index (χ3n) is 5.40. The number of carbonyl (C=O) groups excluding carboxylic acids is 4. The second-order valence-electron chi connectivity index (χ2n) is 7.64. The van der Waals surface area contributed by atoms with Crippen molar-refractivity contribution in [1.82, 2.24) is 15.1 Å². The minimum absolute atomic E-state index is 0.0152. The Morgan fingerprint density at radius 2 is 1.84 bits per heavy atom. The van der Waals surface area contributed by atoms with E-state index in [4.69, 9.17) is 23.2 Å². The SMILES string of the molecule is O=C(Nc1cccc(CN2C(=O)CNC2=O)c1)C1CCCN1C(=O)c1cc(Cl)cc(Cl)c1. The number of halogens is 2. The summed E-state index contributed by atoms with van der Waals surface area (Å²) in [6.45, 7) is 0.545. The van der Waals surface area contributed by atoms with E-state index in [9.17, 15) is 19.2 Å². The molecule has 0 spiro atoms. The molecule has 2 aromatic carbocycles. The number of hydrogen-bond donors (Lipinski definition) is 2. The number of urea groups is 1. The molecule has 5 amide bonds. The smallest absolute Gasteiger partial charge is 0.324 e. The Kier molecular flexibility index (Phi) is 6.34. The number of nitrogens with one attached hydrogen (secondary N) is 2. The summed E-state index contributed by atoms with van der Waals surface area (Å²) >= 11 is 12.0. The van der Waals surface area contributed by atoms with E-state index in [1.165, 1.54) is 17.0 Å². The van der Waals surface area contributed by atoms with Crippen LogP contribution in [0.4, 0.5) is 10.5 Å². The van der Waals surface area contributed by atoms with Gasteiger partial charge in [0, 0.05) is 27.8 Å². The topological polar surface area (TPSA) is 98.8 Å². The molecule has 2 aromatic rings. The van der Waals surface area contributed by atoms with Gasteiger partial charge in [-0.05, 0) is 48.7 Å². The first-order valence-corrected chi connectivity index (χ1v) is 10.8. The van der Waals surface area contributed by atoms with Crippen LogP contribution in [0.5, 0.6) is 0 Å². The summed E-state index contributed by atoms with van der Waals surface area (Å²) in [5, 5.41) is 6.01. The van der Waals surface area contributed by atoms with E-state index in [1.54, 1.807) is 30.3 Å². The number of imide groups is 1. The molecule has 2 fully saturated rings. The number of likely N-dealkylation sites (tertiary alicyclic amines) is 1. The summed E-state index contributed by atoms with van der Waals surface area (Å²) in [6, 6.07) is 10.4.